The van der Waals surface area contributed by atoms with Crippen molar-refractivity contribution < 1.29 is 9.59 Å². The zero-order chi connectivity index (χ0) is 17.8. The summed E-state index contributed by atoms with van der Waals surface area (Å²) in [4.78, 5) is 29.0. The second-order valence-electron chi connectivity index (χ2n) is 7.45. The van der Waals surface area contributed by atoms with Crippen LogP contribution in [0.1, 0.15) is 36.8 Å². The lowest BCUT2D eigenvalue weighted by molar-refractivity contribution is -0.136. The van der Waals surface area contributed by atoms with Gasteiger partial charge in [0.05, 0.1) is 6.54 Å². The van der Waals surface area contributed by atoms with Crippen LogP contribution in [0.25, 0.3) is 0 Å². The minimum Gasteiger partial charge on any atom is -0.342 e. The van der Waals surface area contributed by atoms with E-state index < -0.39 is 0 Å². The largest absolute Gasteiger partial charge is 0.342 e. The lowest BCUT2D eigenvalue weighted by atomic mass is 9.95. The highest BCUT2D eigenvalue weighted by Crippen LogP contribution is 2.22. The number of amides is 2. The Morgan fingerprint density at radius 2 is 1.76 bits per heavy atom. The van der Waals surface area contributed by atoms with Gasteiger partial charge in [0, 0.05) is 24.7 Å². The van der Waals surface area contributed by atoms with Crippen molar-refractivity contribution in [3.8, 4) is 0 Å². The summed E-state index contributed by atoms with van der Waals surface area (Å²) >= 11 is 0. The lowest BCUT2D eigenvalue weighted by Crippen LogP contribution is -2.43. The molecule has 0 radical (unpaired) electrons. The molecular formula is C20H29N3O2. The SMILES string of the molecule is Cc1ccc(C)c(NC(=O)CN2CCC(C(=O)N3CCCC3)CC2)c1. The number of anilines is 1. The van der Waals surface area contributed by atoms with Crippen LogP contribution in [0.15, 0.2) is 18.2 Å². The first-order chi connectivity index (χ1) is 12.0. The Morgan fingerprint density at radius 1 is 1.08 bits per heavy atom. The smallest absolute Gasteiger partial charge is 0.238 e. The van der Waals surface area contributed by atoms with Gasteiger partial charge >= 0.3 is 0 Å². The molecule has 0 unspecified atom stereocenters. The van der Waals surface area contributed by atoms with Crippen LogP contribution in [0.3, 0.4) is 0 Å². The first kappa shape index (κ1) is 17.9. The van der Waals surface area contributed by atoms with Crippen LogP contribution >= 0.6 is 0 Å². The fourth-order valence-corrected chi connectivity index (χ4v) is 3.80. The summed E-state index contributed by atoms with van der Waals surface area (Å²) < 4.78 is 0. The molecular weight excluding hydrogens is 314 g/mol. The summed E-state index contributed by atoms with van der Waals surface area (Å²) in [5.74, 6) is 0.506. The van der Waals surface area contributed by atoms with Crippen LogP contribution in [0.5, 0.6) is 0 Å². The van der Waals surface area contributed by atoms with Gasteiger partial charge in [-0.1, -0.05) is 12.1 Å². The van der Waals surface area contributed by atoms with E-state index in [1.54, 1.807) is 0 Å². The van der Waals surface area contributed by atoms with Gasteiger partial charge in [-0.25, -0.2) is 0 Å². The zero-order valence-electron chi connectivity index (χ0n) is 15.4. The molecule has 5 heteroatoms. The normalized spacial score (nSPS) is 19.2. The first-order valence-electron chi connectivity index (χ1n) is 9.41. The van der Waals surface area contributed by atoms with Gasteiger partial charge in [-0.15, -0.1) is 0 Å². The average Bonchev–Trinajstić information content (AvgIpc) is 3.13. The van der Waals surface area contributed by atoms with E-state index in [1.807, 2.05) is 36.9 Å². The van der Waals surface area contributed by atoms with Crippen LogP contribution in [0.2, 0.25) is 0 Å². The van der Waals surface area contributed by atoms with Crippen molar-refractivity contribution >= 4 is 17.5 Å². The van der Waals surface area contributed by atoms with Crippen LogP contribution < -0.4 is 5.32 Å². The van der Waals surface area contributed by atoms with Crippen molar-refractivity contribution in [1.29, 1.82) is 0 Å². The molecule has 25 heavy (non-hydrogen) atoms. The Labute approximate surface area is 150 Å². The van der Waals surface area contributed by atoms with E-state index in [1.165, 1.54) is 0 Å². The van der Waals surface area contributed by atoms with Crippen molar-refractivity contribution in [3.05, 3.63) is 29.3 Å². The number of nitrogens with one attached hydrogen (secondary N) is 1. The Kier molecular flexibility index (Phi) is 5.74. The van der Waals surface area contributed by atoms with Gasteiger partial charge in [0.2, 0.25) is 11.8 Å². The lowest BCUT2D eigenvalue weighted by Gasteiger charge is -2.32. The fraction of sp³-hybridized carbons (Fsp3) is 0.600. The monoisotopic (exact) mass is 343 g/mol. The van der Waals surface area contributed by atoms with E-state index in [-0.39, 0.29) is 11.8 Å². The average molecular weight is 343 g/mol. The van der Waals surface area contributed by atoms with Crippen molar-refractivity contribution in [2.75, 3.05) is 38.0 Å². The number of carbonyl (C=O) groups excluding carboxylic acids is 2. The third kappa shape index (κ3) is 4.60. The molecule has 1 aromatic carbocycles. The molecule has 0 bridgehead atoms. The summed E-state index contributed by atoms with van der Waals surface area (Å²) in [7, 11) is 0. The molecule has 2 aliphatic heterocycles. The highest BCUT2D eigenvalue weighted by Gasteiger charge is 2.30. The number of hydrogen-bond donors (Lipinski definition) is 1. The van der Waals surface area contributed by atoms with Gasteiger partial charge in [-0.2, -0.15) is 0 Å². The fourth-order valence-electron chi connectivity index (χ4n) is 3.80. The van der Waals surface area contributed by atoms with Crippen LogP contribution in [-0.2, 0) is 9.59 Å². The van der Waals surface area contributed by atoms with Gasteiger partial charge < -0.3 is 10.2 Å². The predicted octanol–water partition coefficient (Wildman–Crippen LogP) is 2.58. The van der Waals surface area contributed by atoms with E-state index in [2.05, 4.69) is 10.2 Å². The maximum Gasteiger partial charge on any atom is 0.238 e. The number of likely N-dealkylation sites (tertiary alicyclic amines) is 2. The Hall–Kier alpha value is -1.88. The molecule has 2 fully saturated rings. The molecule has 0 saturated carbocycles. The molecule has 0 aromatic heterocycles. The Morgan fingerprint density at radius 3 is 2.44 bits per heavy atom. The third-order valence-electron chi connectivity index (χ3n) is 5.39. The molecule has 3 rings (SSSR count). The summed E-state index contributed by atoms with van der Waals surface area (Å²) in [6, 6.07) is 6.09. The van der Waals surface area contributed by atoms with E-state index in [4.69, 9.17) is 0 Å². The maximum absolute atomic E-state index is 12.5. The topological polar surface area (TPSA) is 52.7 Å². The van der Waals surface area contributed by atoms with Gasteiger partial charge in [0.25, 0.3) is 0 Å². The van der Waals surface area contributed by atoms with Crippen LogP contribution in [0.4, 0.5) is 5.69 Å². The quantitative estimate of drug-likeness (QED) is 0.914. The van der Waals surface area contributed by atoms with Crippen molar-refractivity contribution in [2.45, 2.75) is 39.5 Å². The standard InChI is InChI=1S/C20H29N3O2/c1-15-5-6-16(2)18(13-15)21-19(24)14-22-11-7-17(8-12-22)20(25)23-9-3-4-10-23/h5-6,13,17H,3-4,7-12,14H2,1-2H3,(H,21,24). The molecule has 0 spiro atoms. The Balaban J connectivity index is 1.46. The minimum absolute atomic E-state index is 0.0259. The van der Waals surface area contributed by atoms with Gasteiger partial charge in [-0.3, -0.25) is 14.5 Å². The highest BCUT2D eigenvalue weighted by molar-refractivity contribution is 5.93. The number of carbonyl (C=O) groups is 2. The van der Waals surface area contributed by atoms with Crippen molar-refractivity contribution in [3.63, 3.8) is 0 Å². The highest BCUT2D eigenvalue weighted by atomic mass is 16.2. The molecule has 136 valence electrons. The second kappa shape index (κ2) is 8.00. The van der Waals surface area contributed by atoms with E-state index in [0.29, 0.717) is 12.5 Å². The van der Waals surface area contributed by atoms with Crippen molar-refractivity contribution in [2.24, 2.45) is 5.92 Å². The zero-order valence-corrected chi connectivity index (χ0v) is 15.4. The van der Waals surface area contributed by atoms with Crippen LogP contribution in [-0.4, -0.2) is 54.3 Å². The molecule has 2 heterocycles. The number of hydrogen-bond acceptors (Lipinski definition) is 3. The number of rotatable bonds is 4. The van der Waals surface area contributed by atoms with E-state index in [0.717, 1.165) is 68.7 Å². The van der Waals surface area contributed by atoms with Gasteiger partial charge in [-0.05, 0) is 69.8 Å². The number of benzene rings is 1. The molecule has 2 amide bonds. The van der Waals surface area contributed by atoms with E-state index in [9.17, 15) is 9.59 Å². The van der Waals surface area contributed by atoms with Gasteiger partial charge in [0.1, 0.15) is 0 Å². The first-order valence-corrected chi connectivity index (χ1v) is 9.41. The number of piperidine rings is 1. The number of nitrogens with zero attached hydrogens (tertiary/aromatic N) is 2. The molecule has 0 atom stereocenters. The molecule has 0 aliphatic carbocycles. The Bertz CT molecular complexity index is 630. The predicted molar refractivity (Wildman–Crippen MR) is 99.5 cm³/mol. The third-order valence-corrected chi connectivity index (χ3v) is 5.39. The summed E-state index contributed by atoms with van der Waals surface area (Å²) in [5.41, 5.74) is 3.11. The summed E-state index contributed by atoms with van der Waals surface area (Å²) in [6.07, 6.45) is 4.02. The van der Waals surface area contributed by atoms with E-state index >= 15 is 0 Å². The maximum atomic E-state index is 12.5. The van der Waals surface area contributed by atoms with Crippen LogP contribution in [0, 0.1) is 19.8 Å². The second-order valence-corrected chi connectivity index (χ2v) is 7.45. The minimum atomic E-state index is 0.0259. The molecule has 5 nitrogen and oxygen atoms in total. The van der Waals surface area contributed by atoms with Gasteiger partial charge in [0.15, 0.2) is 0 Å². The molecule has 2 saturated heterocycles. The summed E-state index contributed by atoms with van der Waals surface area (Å²) in [5, 5.41) is 3.02. The molecule has 2 aliphatic rings. The molecule has 1 aromatic rings. The molecule has 1 N–H and O–H groups in total. The van der Waals surface area contributed by atoms with Crippen molar-refractivity contribution in [1.82, 2.24) is 9.80 Å². The number of aryl methyl sites for hydroxylation is 2. The summed E-state index contributed by atoms with van der Waals surface area (Å²) in [6.45, 7) is 7.93.